The number of hydrogen-bond acceptors (Lipinski definition) is 2. The second-order valence-electron chi connectivity index (χ2n) is 21.2. The molecule has 0 atom stereocenters. The normalized spacial score (nSPS) is 16.8. The van der Waals surface area contributed by atoms with Crippen LogP contribution in [0.2, 0.25) is 0 Å². The molecule has 0 aromatic heterocycles. The third kappa shape index (κ3) is 7.49. The molecular formula is C77H56BNO. The van der Waals surface area contributed by atoms with E-state index in [9.17, 15) is 13.7 Å². The van der Waals surface area contributed by atoms with Crippen LogP contribution in [0.4, 0.5) is 17.1 Å². The molecule has 0 radical (unpaired) electrons. The van der Waals surface area contributed by atoms with E-state index in [-0.39, 0.29) is 56.0 Å². The number of anilines is 3. The highest BCUT2D eigenvalue weighted by Gasteiger charge is 2.48. The van der Waals surface area contributed by atoms with E-state index in [1.807, 2.05) is 84.9 Å². The summed E-state index contributed by atoms with van der Waals surface area (Å²) in [7, 11) is 0. The standard InChI is InChI=1S/C77H56BNO/c1-76(2,3)60-49-64(53-29-14-6-15-30-53)75(65(50-60)54-31-16-7-17-32-54)79-69-45-56(61-38-24-39-63-62-37-22-23-40-66(62)77(73(61)63,58-33-18-8-19-34-58)59-35-20-9-21-36-59)42-43-67(69)78-68-44-41-55(51-25-10-4-11-26-51)47-71(68)80-72-48-57(46-70(79)74(72)78)52-27-12-5-13-28-52/h4-50H,1-3H3/i4D,5D,8D,9D,10D,11D,12D,13D,18D,19D,20D,21D,25D,26D,27D,28D,33D,34D,35D,36D. The van der Waals surface area contributed by atoms with Crippen molar-refractivity contribution in [1.29, 1.82) is 0 Å². The second kappa shape index (κ2) is 18.8. The van der Waals surface area contributed by atoms with Gasteiger partial charge < -0.3 is 9.64 Å². The summed E-state index contributed by atoms with van der Waals surface area (Å²) < 4.78 is 191. The lowest BCUT2D eigenvalue weighted by Gasteiger charge is -2.42. The summed E-state index contributed by atoms with van der Waals surface area (Å²) in [5.41, 5.74) is 6.55. The first-order valence-electron chi connectivity index (χ1n) is 36.4. The fraction of sp³-hybridized carbons (Fsp3) is 0.0649. The SMILES string of the molecule is [2H]c1c([2H])c([2H])c(-c2ccc3c(c2)Oc2cc(-c4c([2H])c([2H])c([2H])c([2H])c4[2H])cc4c2B3c2ccc(-c3cccc5c3C(c3c([2H])c([2H])c([2H])c([2H])c3[2H])(c3c([2H])c([2H])c([2H])c([2H])c3[2H])c3ccccc3-5)cc2N4c2c(-c3ccccc3)cc(C(C)(C)C)cc2-c2ccccc2)c([2H])c1[2H]. The van der Waals surface area contributed by atoms with Gasteiger partial charge in [-0.25, -0.2) is 0 Å². The summed E-state index contributed by atoms with van der Waals surface area (Å²) in [6.45, 7) is 5.57. The molecule has 2 aliphatic heterocycles. The van der Waals surface area contributed by atoms with Crippen molar-refractivity contribution in [2.75, 3.05) is 4.90 Å². The van der Waals surface area contributed by atoms with Crippen LogP contribution in [0.3, 0.4) is 0 Å². The monoisotopic (exact) mass is 1040 g/mol. The zero-order valence-electron chi connectivity index (χ0n) is 63.5. The summed E-state index contributed by atoms with van der Waals surface area (Å²) in [4.78, 5) is 2.09. The van der Waals surface area contributed by atoms with Crippen molar-refractivity contribution in [3.05, 3.63) is 312 Å². The topological polar surface area (TPSA) is 12.5 Å². The molecule has 12 aromatic rings. The van der Waals surface area contributed by atoms with Crippen LogP contribution in [0.1, 0.15) is 76.0 Å². The Morgan fingerprint density at radius 2 is 0.912 bits per heavy atom. The lowest BCUT2D eigenvalue weighted by atomic mass is 9.34. The van der Waals surface area contributed by atoms with Crippen LogP contribution in [0.5, 0.6) is 11.5 Å². The maximum absolute atomic E-state index is 9.91. The van der Waals surface area contributed by atoms with E-state index < -0.39 is 138 Å². The van der Waals surface area contributed by atoms with Crippen molar-refractivity contribution < 1.29 is 32.2 Å². The molecule has 0 N–H and O–H groups in total. The van der Waals surface area contributed by atoms with Gasteiger partial charge in [-0.3, -0.25) is 0 Å². The van der Waals surface area contributed by atoms with Crippen molar-refractivity contribution in [2.24, 2.45) is 0 Å². The predicted molar refractivity (Wildman–Crippen MR) is 335 cm³/mol. The molecule has 0 unspecified atom stereocenters. The fourth-order valence-electron chi connectivity index (χ4n) is 12.3. The van der Waals surface area contributed by atoms with Crippen LogP contribution >= 0.6 is 0 Å². The van der Waals surface area contributed by atoms with E-state index >= 15 is 0 Å². The highest BCUT2D eigenvalue weighted by molar-refractivity contribution is 6.99. The van der Waals surface area contributed by atoms with Gasteiger partial charge in [0.1, 0.15) is 11.5 Å². The van der Waals surface area contributed by atoms with Crippen LogP contribution in [-0.4, -0.2) is 6.71 Å². The largest absolute Gasteiger partial charge is 0.458 e. The third-order valence-corrected chi connectivity index (χ3v) is 15.8. The fourth-order valence-corrected chi connectivity index (χ4v) is 12.3. The van der Waals surface area contributed by atoms with E-state index in [1.165, 1.54) is 0 Å². The summed E-state index contributed by atoms with van der Waals surface area (Å²) in [6, 6.07) is 38.4. The summed E-state index contributed by atoms with van der Waals surface area (Å²) in [5, 5.41) is 0. The van der Waals surface area contributed by atoms with Crippen LogP contribution < -0.4 is 26.0 Å². The van der Waals surface area contributed by atoms with Crippen molar-refractivity contribution in [3.8, 4) is 78.3 Å². The van der Waals surface area contributed by atoms with Gasteiger partial charge in [-0.05, 0) is 142 Å². The lowest BCUT2D eigenvalue weighted by Crippen LogP contribution is -2.59. The van der Waals surface area contributed by atoms with Gasteiger partial charge in [0, 0.05) is 22.5 Å². The van der Waals surface area contributed by atoms with Crippen LogP contribution in [0, 0.1) is 0 Å². The molecule has 15 rings (SSSR count). The first-order chi connectivity index (χ1) is 47.6. The Hall–Kier alpha value is -9.70. The molecule has 0 saturated heterocycles. The molecule has 0 bridgehead atoms. The second-order valence-corrected chi connectivity index (χ2v) is 21.2. The van der Waals surface area contributed by atoms with E-state index in [4.69, 9.17) is 18.4 Å². The number of benzene rings is 12. The average molecular weight is 1040 g/mol. The van der Waals surface area contributed by atoms with Gasteiger partial charge >= 0.3 is 0 Å². The zero-order valence-corrected chi connectivity index (χ0v) is 43.5. The van der Waals surface area contributed by atoms with Crippen molar-refractivity contribution in [2.45, 2.75) is 31.6 Å². The summed E-state index contributed by atoms with van der Waals surface area (Å²) in [5.74, 6) is 0.406. The lowest BCUT2D eigenvalue weighted by molar-refractivity contribution is 0.488. The number of nitrogens with zero attached hydrogens (tertiary/aromatic N) is 1. The van der Waals surface area contributed by atoms with E-state index in [1.54, 1.807) is 66.7 Å². The van der Waals surface area contributed by atoms with Gasteiger partial charge in [0.25, 0.3) is 6.71 Å². The van der Waals surface area contributed by atoms with E-state index in [0.29, 0.717) is 55.7 Å². The van der Waals surface area contributed by atoms with Gasteiger partial charge in [0.2, 0.25) is 0 Å². The predicted octanol–water partition coefficient (Wildman–Crippen LogP) is 18.1. The quantitative estimate of drug-likeness (QED) is 0.141. The minimum absolute atomic E-state index is 0.0851. The Balaban J connectivity index is 1.13. The van der Waals surface area contributed by atoms with Gasteiger partial charge in [-0.15, -0.1) is 0 Å². The smallest absolute Gasteiger partial charge is 0.256 e. The molecule has 0 saturated carbocycles. The molecule has 378 valence electrons. The molecule has 0 fully saturated rings. The summed E-state index contributed by atoms with van der Waals surface area (Å²) in [6.07, 6.45) is 0. The molecule has 2 heterocycles. The maximum atomic E-state index is 9.91. The number of ether oxygens (including phenoxy) is 1. The molecule has 3 heteroatoms. The number of fused-ring (bicyclic) bond motifs is 7. The molecule has 3 aliphatic rings. The van der Waals surface area contributed by atoms with Crippen LogP contribution in [0.15, 0.2) is 285 Å². The molecular weight excluding hydrogens is 966 g/mol. The Morgan fingerprint density at radius 3 is 1.54 bits per heavy atom. The molecule has 0 amide bonds. The summed E-state index contributed by atoms with van der Waals surface area (Å²) >= 11 is 0. The van der Waals surface area contributed by atoms with Crippen LogP contribution in [0.25, 0.3) is 66.8 Å². The molecule has 1 aliphatic carbocycles. The van der Waals surface area contributed by atoms with Gasteiger partial charge in [0.15, 0.2) is 0 Å². The molecule has 12 aromatic carbocycles. The average Bonchev–Trinajstić information content (AvgIpc) is 1.43. The Labute approximate surface area is 498 Å². The first-order valence-corrected chi connectivity index (χ1v) is 26.4. The zero-order chi connectivity index (χ0) is 70.9. The van der Waals surface area contributed by atoms with Crippen molar-refractivity contribution in [1.82, 2.24) is 0 Å². The molecule has 80 heavy (non-hydrogen) atoms. The van der Waals surface area contributed by atoms with Gasteiger partial charge in [0.05, 0.1) is 38.5 Å². The number of rotatable bonds is 8. The Kier molecular flexibility index (Phi) is 7.28. The Bertz CT molecular complexity index is 5360. The number of hydrogen-bond donors (Lipinski definition) is 0. The van der Waals surface area contributed by atoms with Gasteiger partial charge in [-0.1, -0.05) is 269 Å². The minimum atomic E-state index is -2.25. The minimum Gasteiger partial charge on any atom is -0.458 e. The highest BCUT2D eigenvalue weighted by Crippen LogP contribution is 2.59. The van der Waals surface area contributed by atoms with Crippen molar-refractivity contribution in [3.63, 3.8) is 0 Å². The maximum Gasteiger partial charge on any atom is 0.256 e. The van der Waals surface area contributed by atoms with Crippen LogP contribution in [-0.2, 0) is 10.8 Å². The van der Waals surface area contributed by atoms with Gasteiger partial charge in [-0.2, -0.15) is 0 Å². The Morgan fingerprint density at radius 1 is 0.400 bits per heavy atom. The third-order valence-electron chi connectivity index (χ3n) is 15.8. The highest BCUT2D eigenvalue weighted by atomic mass is 16.5. The van der Waals surface area contributed by atoms with E-state index in [2.05, 4.69) is 37.8 Å². The first kappa shape index (κ1) is 31.0. The molecule has 0 spiro atoms. The molecule has 2 nitrogen and oxygen atoms in total. The van der Waals surface area contributed by atoms with E-state index in [0.717, 1.165) is 27.8 Å². The van der Waals surface area contributed by atoms with Crippen molar-refractivity contribution >= 4 is 40.2 Å².